The van der Waals surface area contributed by atoms with E-state index in [1.165, 1.54) is 0 Å². The Morgan fingerprint density at radius 2 is 2.33 bits per heavy atom. The third-order valence-corrected chi connectivity index (χ3v) is 2.20. The molecule has 4 nitrogen and oxygen atoms in total. The van der Waals surface area contributed by atoms with E-state index in [9.17, 15) is 9.35 Å². The number of rotatable bonds is 6. The molecule has 72 valence electrons. The van der Waals surface area contributed by atoms with Gasteiger partial charge in [0.1, 0.15) is 5.75 Å². The van der Waals surface area contributed by atoms with E-state index in [0.717, 1.165) is 12.8 Å². The average Bonchev–Trinajstić information content (AvgIpc) is 1.98. The lowest BCUT2D eigenvalue weighted by Gasteiger charge is -2.03. The molecule has 0 aromatic carbocycles. The molecular formula is C6H13NO3S2. The van der Waals surface area contributed by atoms with Crippen molar-refractivity contribution < 1.29 is 13.6 Å². The molecule has 1 unspecified atom stereocenters. The molecule has 0 rings (SSSR count). The Kier molecular flexibility index (Phi) is 7.78. The maximum atomic E-state index is 10.7. The quantitative estimate of drug-likeness (QED) is 0.220. The number of amides is 1. The number of carbonyl (C=O) groups excluding carboxylic acids is 1. The molecule has 0 saturated heterocycles. The van der Waals surface area contributed by atoms with Crippen molar-refractivity contribution in [3.05, 3.63) is 0 Å². The van der Waals surface area contributed by atoms with Crippen molar-refractivity contribution in [3.63, 3.8) is 0 Å². The van der Waals surface area contributed by atoms with Gasteiger partial charge in [0, 0.05) is 19.3 Å². The van der Waals surface area contributed by atoms with Crippen LogP contribution in [-0.2, 0) is 20.3 Å². The first-order valence-corrected chi connectivity index (χ1v) is 5.65. The molecule has 0 aromatic heterocycles. The van der Waals surface area contributed by atoms with Crippen molar-refractivity contribution in [1.82, 2.24) is 5.48 Å². The summed E-state index contributed by atoms with van der Waals surface area (Å²) in [4.78, 5) is 10.7. The molecule has 0 bridgehead atoms. The maximum absolute atomic E-state index is 10.7. The van der Waals surface area contributed by atoms with Gasteiger partial charge in [-0.15, -0.1) is 0 Å². The van der Waals surface area contributed by atoms with Gasteiger partial charge in [0.25, 0.3) is 0 Å². The van der Waals surface area contributed by atoms with Gasteiger partial charge in [0.05, 0.1) is 6.26 Å². The predicted molar refractivity (Wildman–Crippen MR) is 51.0 cm³/mol. The molecule has 12 heavy (non-hydrogen) atoms. The molecule has 1 amide bonds. The standard InChI is InChI=1S/C6H13NO3S2/c1-12(9)5-3-2-4-6(8)7-10-11/h11H,2-5H2,1H3,(H,7,8). The van der Waals surface area contributed by atoms with E-state index in [0.29, 0.717) is 12.2 Å². The van der Waals surface area contributed by atoms with Crippen LogP contribution < -0.4 is 5.48 Å². The van der Waals surface area contributed by atoms with E-state index < -0.39 is 11.2 Å². The Morgan fingerprint density at radius 3 is 2.83 bits per heavy atom. The smallest absolute Gasteiger partial charge is 0.244 e. The number of unbranched alkanes of at least 4 members (excludes halogenated alkanes) is 1. The van der Waals surface area contributed by atoms with Gasteiger partial charge in [-0.3, -0.25) is 4.79 Å². The van der Waals surface area contributed by atoms with Crippen molar-refractivity contribution in [2.24, 2.45) is 0 Å². The van der Waals surface area contributed by atoms with Crippen molar-refractivity contribution in [2.45, 2.75) is 19.3 Å². The molecule has 0 radical (unpaired) electrons. The number of thiol groups is 1. The van der Waals surface area contributed by atoms with E-state index >= 15 is 0 Å². The van der Waals surface area contributed by atoms with Gasteiger partial charge in [-0.25, -0.2) is 9.76 Å². The lowest BCUT2D eigenvalue weighted by Crippen LogP contribution is -2.19. The second-order valence-electron chi connectivity index (χ2n) is 2.35. The number of nitrogens with one attached hydrogen (secondary N) is 1. The molecule has 0 aliphatic rings. The highest BCUT2D eigenvalue weighted by atomic mass is 32.2. The van der Waals surface area contributed by atoms with Crippen molar-refractivity contribution in [3.8, 4) is 0 Å². The fourth-order valence-electron chi connectivity index (χ4n) is 0.693. The zero-order valence-electron chi connectivity index (χ0n) is 6.91. The first-order chi connectivity index (χ1) is 5.66. The summed E-state index contributed by atoms with van der Waals surface area (Å²) in [5.74, 6) is 0.446. The largest absolute Gasteiger partial charge is 0.617 e. The zero-order chi connectivity index (χ0) is 9.40. The highest BCUT2D eigenvalue weighted by Crippen LogP contribution is 1.98. The Labute approximate surface area is 80.8 Å². The summed E-state index contributed by atoms with van der Waals surface area (Å²) in [6.07, 6.45) is 3.56. The van der Waals surface area contributed by atoms with E-state index in [4.69, 9.17) is 0 Å². The SMILES string of the molecule is C[S+]([O-])CCCCC(=O)NOS. The van der Waals surface area contributed by atoms with Crippen LogP contribution in [0.4, 0.5) is 0 Å². The minimum atomic E-state index is -0.762. The highest BCUT2D eigenvalue weighted by Gasteiger charge is 2.01. The highest BCUT2D eigenvalue weighted by molar-refractivity contribution is 7.90. The third kappa shape index (κ3) is 8.19. The second kappa shape index (κ2) is 7.72. The molecule has 1 atom stereocenters. The van der Waals surface area contributed by atoms with Gasteiger partial charge in [0.15, 0.2) is 0 Å². The normalized spacial score (nSPS) is 12.6. The molecule has 0 fully saturated rings. The number of hydrogen-bond donors (Lipinski definition) is 2. The lowest BCUT2D eigenvalue weighted by atomic mass is 10.2. The Bertz CT molecular complexity index is 132. The van der Waals surface area contributed by atoms with Crippen molar-refractivity contribution in [2.75, 3.05) is 12.0 Å². The first-order valence-electron chi connectivity index (χ1n) is 3.56. The average molecular weight is 211 g/mol. The van der Waals surface area contributed by atoms with Crippen LogP contribution in [0.1, 0.15) is 19.3 Å². The van der Waals surface area contributed by atoms with Crippen LogP contribution in [0, 0.1) is 0 Å². The molecule has 0 spiro atoms. The minimum Gasteiger partial charge on any atom is -0.617 e. The fraction of sp³-hybridized carbons (Fsp3) is 0.833. The van der Waals surface area contributed by atoms with Crippen LogP contribution in [-0.4, -0.2) is 22.5 Å². The van der Waals surface area contributed by atoms with E-state index in [-0.39, 0.29) is 5.91 Å². The lowest BCUT2D eigenvalue weighted by molar-refractivity contribution is -0.126. The molecule has 0 aliphatic carbocycles. The van der Waals surface area contributed by atoms with Crippen molar-refractivity contribution >= 4 is 30.0 Å². The Morgan fingerprint density at radius 1 is 1.67 bits per heavy atom. The molecule has 0 saturated carbocycles. The van der Waals surface area contributed by atoms with Crippen LogP contribution in [0.25, 0.3) is 0 Å². The van der Waals surface area contributed by atoms with Gasteiger partial charge in [-0.1, -0.05) is 11.2 Å². The Hall–Kier alpha value is 0.0900. The number of hydroxylamine groups is 1. The van der Waals surface area contributed by atoms with Crippen molar-refractivity contribution in [1.29, 1.82) is 0 Å². The second-order valence-corrected chi connectivity index (χ2v) is 4.09. The summed E-state index contributed by atoms with van der Waals surface area (Å²) < 4.78 is 14.7. The van der Waals surface area contributed by atoms with E-state index in [2.05, 4.69) is 22.7 Å². The van der Waals surface area contributed by atoms with Crippen LogP contribution in [0.15, 0.2) is 0 Å². The molecule has 0 aromatic rings. The summed E-state index contributed by atoms with van der Waals surface area (Å²) in [5.41, 5.74) is 2.08. The van der Waals surface area contributed by atoms with Crippen LogP contribution in [0.2, 0.25) is 0 Å². The van der Waals surface area contributed by atoms with Gasteiger partial charge in [-0.2, -0.15) is 0 Å². The van der Waals surface area contributed by atoms with Gasteiger partial charge in [0.2, 0.25) is 5.91 Å². The fourth-order valence-corrected chi connectivity index (χ4v) is 1.41. The molecular weight excluding hydrogens is 198 g/mol. The number of hydrogen-bond acceptors (Lipinski definition) is 4. The van der Waals surface area contributed by atoms with Crippen LogP contribution in [0.5, 0.6) is 0 Å². The topological polar surface area (TPSA) is 61.4 Å². The minimum absolute atomic E-state index is 0.202. The molecule has 6 heteroatoms. The van der Waals surface area contributed by atoms with Gasteiger partial charge < -0.3 is 4.55 Å². The third-order valence-electron chi connectivity index (χ3n) is 1.25. The van der Waals surface area contributed by atoms with E-state index in [1.807, 2.05) is 0 Å². The molecule has 0 heterocycles. The summed E-state index contributed by atoms with van der Waals surface area (Å²) in [6.45, 7) is 0. The van der Waals surface area contributed by atoms with E-state index in [1.54, 1.807) is 6.26 Å². The molecule has 0 aliphatic heterocycles. The van der Waals surface area contributed by atoms with Crippen LogP contribution in [0.3, 0.4) is 0 Å². The zero-order valence-corrected chi connectivity index (χ0v) is 8.62. The van der Waals surface area contributed by atoms with Gasteiger partial charge in [-0.05, 0) is 12.8 Å². The summed E-state index contributed by atoms with van der Waals surface area (Å²) >= 11 is 2.59. The summed E-state index contributed by atoms with van der Waals surface area (Å²) in [7, 11) is 0. The monoisotopic (exact) mass is 211 g/mol. The summed E-state index contributed by atoms with van der Waals surface area (Å²) in [5, 5.41) is 0. The predicted octanol–water partition coefficient (Wildman–Crippen LogP) is 0.428. The Balaban J connectivity index is 3.14. The van der Waals surface area contributed by atoms with Crippen LogP contribution >= 0.6 is 12.9 Å². The maximum Gasteiger partial charge on any atom is 0.244 e. The van der Waals surface area contributed by atoms with Gasteiger partial charge >= 0.3 is 0 Å². The first kappa shape index (κ1) is 12.1. The molecule has 1 N–H and O–H groups in total. The number of carbonyl (C=O) groups is 1. The summed E-state index contributed by atoms with van der Waals surface area (Å²) in [6, 6.07) is 0.